The van der Waals surface area contributed by atoms with Crippen molar-refractivity contribution in [2.45, 2.75) is 6.42 Å². The van der Waals surface area contributed by atoms with Crippen LogP contribution in [0.2, 0.25) is 0 Å². The molecule has 128 valence electrons. The summed E-state index contributed by atoms with van der Waals surface area (Å²) >= 11 is 1.24. The molecule has 0 saturated carbocycles. The first-order chi connectivity index (χ1) is 12.0. The smallest absolute Gasteiger partial charge is 0.265 e. The predicted octanol–water partition coefficient (Wildman–Crippen LogP) is 3.55. The van der Waals surface area contributed by atoms with E-state index in [1.807, 2.05) is 0 Å². The van der Waals surface area contributed by atoms with Crippen molar-refractivity contribution in [1.29, 1.82) is 0 Å². The zero-order chi connectivity index (χ0) is 17.8. The molecule has 0 fully saturated rings. The number of amides is 2. The lowest BCUT2D eigenvalue weighted by Gasteiger charge is -2.07. The third kappa shape index (κ3) is 4.13. The van der Waals surface area contributed by atoms with Gasteiger partial charge in [0.1, 0.15) is 11.6 Å². The molecule has 5 nitrogen and oxygen atoms in total. The minimum Gasteiger partial charge on any atom is -0.493 e. The van der Waals surface area contributed by atoms with Crippen molar-refractivity contribution in [1.82, 2.24) is 0 Å². The highest BCUT2D eigenvalue weighted by Crippen LogP contribution is 2.28. The molecule has 0 aliphatic carbocycles. The molecule has 0 unspecified atom stereocenters. The molecule has 0 aliphatic heterocycles. The van der Waals surface area contributed by atoms with E-state index in [9.17, 15) is 14.0 Å². The van der Waals surface area contributed by atoms with Gasteiger partial charge < -0.3 is 15.8 Å². The molecular weight excluding hydrogens is 343 g/mol. The van der Waals surface area contributed by atoms with Gasteiger partial charge in [0.15, 0.2) is 0 Å². The van der Waals surface area contributed by atoms with Gasteiger partial charge in [-0.05, 0) is 42.5 Å². The van der Waals surface area contributed by atoms with Crippen LogP contribution < -0.4 is 15.8 Å². The van der Waals surface area contributed by atoms with Crippen LogP contribution in [0.5, 0.6) is 5.75 Å². The zero-order valence-corrected chi connectivity index (χ0v) is 13.9. The summed E-state index contributed by atoms with van der Waals surface area (Å²) in [5.41, 5.74) is 5.63. The van der Waals surface area contributed by atoms with Gasteiger partial charge in [0.25, 0.3) is 5.91 Å². The molecule has 3 N–H and O–H groups in total. The SMILES string of the molecule is NC(=O)CCOc1ccc(NC(=O)c2cc3c(F)cccc3s2)cc1. The summed E-state index contributed by atoms with van der Waals surface area (Å²) in [7, 11) is 0. The molecule has 3 rings (SSSR count). The van der Waals surface area contributed by atoms with Crippen LogP contribution in [0.15, 0.2) is 48.5 Å². The minimum absolute atomic E-state index is 0.140. The Kier molecular flexibility index (Phi) is 4.95. The molecule has 1 heterocycles. The van der Waals surface area contributed by atoms with Crippen molar-refractivity contribution < 1.29 is 18.7 Å². The van der Waals surface area contributed by atoms with E-state index in [1.54, 1.807) is 42.5 Å². The van der Waals surface area contributed by atoms with Crippen LogP contribution in [0.4, 0.5) is 10.1 Å². The van der Waals surface area contributed by atoms with Crippen molar-refractivity contribution in [3.05, 3.63) is 59.2 Å². The monoisotopic (exact) mass is 358 g/mol. The van der Waals surface area contributed by atoms with Crippen molar-refractivity contribution >= 4 is 38.9 Å². The largest absolute Gasteiger partial charge is 0.493 e. The number of primary amides is 1. The average Bonchev–Trinajstić information content (AvgIpc) is 3.02. The summed E-state index contributed by atoms with van der Waals surface area (Å²) in [6.45, 7) is 0.203. The molecule has 7 heteroatoms. The van der Waals surface area contributed by atoms with Gasteiger partial charge in [-0.25, -0.2) is 4.39 Å². The minimum atomic E-state index is -0.427. The summed E-state index contributed by atoms with van der Waals surface area (Å²) in [6.07, 6.45) is 0.140. The highest BCUT2D eigenvalue weighted by atomic mass is 32.1. The molecule has 0 spiro atoms. The predicted molar refractivity (Wildman–Crippen MR) is 95.5 cm³/mol. The number of rotatable bonds is 6. The number of carbonyl (C=O) groups excluding carboxylic acids is 2. The van der Waals surface area contributed by atoms with Crippen molar-refractivity contribution in [3.63, 3.8) is 0 Å². The topological polar surface area (TPSA) is 81.4 Å². The number of thiophene rings is 1. The molecule has 0 bridgehead atoms. The van der Waals surface area contributed by atoms with Crippen LogP contribution in [-0.2, 0) is 4.79 Å². The number of hydrogen-bond acceptors (Lipinski definition) is 4. The Morgan fingerprint density at radius 3 is 2.60 bits per heavy atom. The molecule has 3 aromatic rings. The Morgan fingerprint density at radius 2 is 1.92 bits per heavy atom. The van der Waals surface area contributed by atoms with Gasteiger partial charge in [-0.3, -0.25) is 9.59 Å². The van der Waals surface area contributed by atoms with Crippen LogP contribution >= 0.6 is 11.3 Å². The van der Waals surface area contributed by atoms with Crippen molar-refractivity contribution in [2.24, 2.45) is 5.73 Å². The second-order valence-electron chi connectivity index (χ2n) is 5.31. The Balaban J connectivity index is 1.65. The summed E-state index contributed by atoms with van der Waals surface area (Å²) in [5, 5.41) is 3.20. The van der Waals surface area contributed by atoms with E-state index in [2.05, 4.69) is 5.32 Å². The van der Waals surface area contributed by atoms with Gasteiger partial charge in [-0.1, -0.05) is 6.07 Å². The number of nitrogens with one attached hydrogen (secondary N) is 1. The maximum Gasteiger partial charge on any atom is 0.265 e. The molecule has 0 saturated heterocycles. The number of halogens is 1. The van der Waals surface area contributed by atoms with Crippen LogP contribution in [0.3, 0.4) is 0 Å². The number of fused-ring (bicyclic) bond motifs is 1. The number of hydrogen-bond donors (Lipinski definition) is 2. The first kappa shape index (κ1) is 16.9. The fourth-order valence-electron chi connectivity index (χ4n) is 2.23. The highest BCUT2D eigenvalue weighted by Gasteiger charge is 2.12. The number of nitrogens with two attached hydrogens (primary N) is 1. The van der Waals surface area contributed by atoms with Gasteiger partial charge in [0, 0.05) is 15.8 Å². The molecule has 0 aliphatic rings. The van der Waals surface area contributed by atoms with E-state index in [0.717, 1.165) is 4.70 Å². The molecule has 0 radical (unpaired) electrons. The summed E-state index contributed by atoms with van der Waals surface area (Å²) < 4.78 is 19.8. The summed E-state index contributed by atoms with van der Waals surface area (Å²) in [6, 6.07) is 13.0. The Labute approximate surface area is 147 Å². The second-order valence-corrected chi connectivity index (χ2v) is 6.39. The average molecular weight is 358 g/mol. The van der Waals surface area contributed by atoms with Gasteiger partial charge in [0.2, 0.25) is 5.91 Å². The van der Waals surface area contributed by atoms with Gasteiger partial charge in [-0.2, -0.15) is 0 Å². The standard InChI is InChI=1S/C18H15FN2O3S/c19-14-2-1-3-15-13(14)10-16(25-15)18(23)21-11-4-6-12(7-5-11)24-9-8-17(20)22/h1-7,10H,8-9H2,(H2,20,22)(H,21,23). The van der Waals surface area contributed by atoms with Crippen LogP contribution in [0, 0.1) is 5.82 Å². The van der Waals surface area contributed by atoms with Crippen molar-refractivity contribution in [2.75, 3.05) is 11.9 Å². The normalized spacial score (nSPS) is 10.6. The molecule has 2 aromatic carbocycles. The Bertz CT molecular complexity index is 922. The van der Waals surface area contributed by atoms with Crippen LogP contribution in [0.25, 0.3) is 10.1 Å². The quantitative estimate of drug-likeness (QED) is 0.707. The third-order valence-corrected chi connectivity index (χ3v) is 4.56. The first-order valence-corrected chi connectivity index (χ1v) is 8.35. The van der Waals surface area contributed by atoms with E-state index in [1.165, 1.54) is 17.4 Å². The number of ether oxygens (including phenoxy) is 1. The second kappa shape index (κ2) is 7.31. The fraction of sp³-hybridized carbons (Fsp3) is 0.111. The number of anilines is 1. The molecule has 0 atom stereocenters. The molecule has 2 amide bonds. The number of benzene rings is 2. The number of carbonyl (C=O) groups is 2. The van der Waals surface area contributed by atoms with Crippen LogP contribution in [0.1, 0.15) is 16.1 Å². The van der Waals surface area contributed by atoms with E-state index < -0.39 is 5.91 Å². The maximum absolute atomic E-state index is 13.7. The van der Waals surface area contributed by atoms with Crippen molar-refractivity contribution in [3.8, 4) is 5.75 Å². The first-order valence-electron chi connectivity index (χ1n) is 7.53. The van der Waals surface area contributed by atoms with Crippen LogP contribution in [-0.4, -0.2) is 18.4 Å². The van der Waals surface area contributed by atoms with E-state index in [-0.39, 0.29) is 24.8 Å². The summed E-state index contributed by atoms with van der Waals surface area (Å²) in [4.78, 5) is 23.4. The van der Waals surface area contributed by atoms with Gasteiger partial charge >= 0.3 is 0 Å². The lowest BCUT2D eigenvalue weighted by atomic mass is 10.2. The third-order valence-electron chi connectivity index (χ3n) is 3.46. The van der Waals surface area contributed by atoms with Gasteiger partial charge in [-0.15, -0.1) is 11.3 Å². The summed E-state index contributed by atoms with van der Waals surface area (Å²) in [5.74, 6) is -0.500. The fourth-order valence-corrected chi connectivity index (χ4v) is 3.20. The van der Waals surface area contributed by atoms with Gasteiger partial charge in [0.05, 0.1) is 17.9 Å². The van der Waals surface area contributed by atoms with E-state index >= 15 is 0 Å². The lowest BCUT2D eigenvalue weighted by molar-refractivity contribution is -0.118. The zero-order valence-electron chi connectivity index (χ0n) is 13.1. The Morgan fingerprint density at radius 1 is 1.16 bits per heavy atom. The molecule has 25 heavy (non-hydrogen) atoms. The molecular formula is C18H15FN2O3S. The van der Waals surface area contributed by atoms with E-state index in [0.29, 0.717) is 21.7 Å². The van der Waals surface area contributed by atoms with E-state index in [4.69, 9.17) is 10.5 Å². The lowest BCUT2D eigenvalue weighted by Crippen LogP contribution is -2.14. The maximum atomic E-state index is 13.7. The Hall–Kier alpha value is -2.93. The highest BCUT2D eigenvalue weighted by molar-refractivity contribution is 7.20. The molecule has 1 aromatic heterocycles.